The Hall–Kier alpha value is -0.990. The molecule has 1 aliphatic heterocycles. The number of unbranched alkanes of at least 4 members (excludes halogenated alkanes) is 1. The zero-order valence-electron chi connectivity index (χ0n) is 7.62. The van der Waals surface area contributed by atoms with Crippen molar-refractivity contribution >= 4 is 6.09 Å². The molecule has 1 aliphatic rings. The van der Waals surface area contributed by atoms with Crippen molar-refractivity contribution in [1.82, 2.24) is 4.90 Å². The SMILES string of the molecule is CCCC=CC1COC(=O)N1C. The molecule has 0 saturated carbocycles. The Labute approximate surface area is 73.0 Å². The van der Waals surface area contributed by atoms with E-state index in [9.17, 15) is 4.79 Å². The van der Waals surface area contributed by atoms with E-state index in [-0.39, 0.29) is 12.1 Å². The minimum absolute atomic E-state index is 0.143. The van der Waals surface area contributed by atoms with Crippen molar-refractivity contribution in [3.8, 4) is 0 Å². The molecule has 0 aromatic carbocycles. The molecule has 1 heterocycles. The van der Waals surface area contributed by atoms with Crippen LogP contribution in [0, 0.1) is 0 Å². The molecule has 0 N–H and O–H groups in total. The molecule has 0 spiro atoms. The maximum Gasteiger partial charge on any atom is 0.410 e. The number of carbonyl (C=O) groups excluding carboxylic acids is 1. The summed E-state index contributed by atoms with van der Waals surface area (Å²) in [6.45, 7) is 2.62. The largest absolute Gasteiger partial charge is 0.447 e. The van der Waals surface area contributed by atoms with Crippen molar-refractivity contribution in [3.05, 3.63) is 12.2 Å². The summed E-state index contributed by atoms with van der Waals surface area (Å²) in [6, 6.07) is 0.143. The maximum atomic E-state index is 10.9. The first-order valence-corrected chi connectivity index (χ1v) is 4.32. The van der Waals surface area contributed by atoms with Crippen LogP contribution in [0.2, 0.25) is 0 Å². The fourth-order valence-corrected chi connectivity index (χ4v) is 1.11. The van der Waals surface area contributed by atoms with Crippen LogP contribution in [0.15, 0.2) is 12.2 Å². The Bertz CT molecular complexity index is 189. The van der Waals surface area contributed by atoms with Crippen LogP contribution in [0.5, 0.6) is 0 Å². The lowest BCUT2D eigenvalue weighted by molar-refractivity contribution is 0.163. The van der Waals surface area contributed by atoms with Gasteiger partial charge in [0.25, 0.3) is 0 Å². The van der Waals surface area contributed by atoms with Gasteiger partial charge in [0.15, 0.2) is 0 Å². The van der Waals surface area contributed by atoms with Crippen molar-refractivity contribution < 1.29 is 9.53 Å². The molecule has 0 radical (unpaired) electrons. The van der Waals surface area contributed by atoms with Gasteiger partial charge in [-0.2, -0.15) is 0 Å². The molecule has 12 heavy (non-hydrogen) atoms. The van der Waals surface area contributed by atoms with Gasteiger partial charge in [-0.15, -0.1) is 0 Å². The van der Waals surface area contributed by atoms with Crippen LogP contribution in [-0.4, -0.2) is 30.7 Å². The molecule has 1 saturated heterocycles. The summed E-state index contributed by atoms with van der Waals surface area (Å²) < 4.78 is 4.84. The van der Waals surface area contributed by atoms with E-state index in [1.54, 1.807) is 11.9 Å². The zero-order valence-corrected chi connectivity index (χ0v) is 7.62. The number of hydrogen-bond donors (Lipinski definition) is 0. The minimum atomic E-state index is -0.221. The first-order valence-electron chi connectivity index (χ1n) is 4.32. The predicted molar refractivity (Wildman–Crippen MR) is 46.9 cm³/mol. The van der Waals surface area contributed by atoms with Crippen molar-refractivity contribution in [3.63, 3.8) is 0 Å². The molecule has 1 fully saturated rings. The fourth-order valence-electron chi connectivity index (χ4n) is 1.11. The quantitative estimate of drug-likeness (QED) is 0.603. The van der Waals surface area contributed by atoms with Crippen molar-refractivity contribution in [2.24, 2.45) is 0 Å². The van der Waals surface area contributed by atoms with Gasteiger partial charge in [0.1, 0.15) is 6.61 Å². The standard InChI is InChI=1S/C9H15NO2/c1-3-4-5-6-8-7-12-9(11)10(8)2/h5-6,8H,3-4,7H2,1-2H3. The molecule has 1 unspecified atom stereocenters. The van der Waals surface area contributed by atoms with E-state index < -0.39 is 0 Å². The molecule has 1 rings (SSSR count). The summed E-state index contributed by atoms with van der Waals surface area (Å²) in [4.78, 5) is 12.5. The Morgan fingerprint density at radius 1 is 1.75 bits per heavy atom. The van der Waals surface area contributed by atoms with Crippen LogP contribution in [-0.2, 0) is 4.74 Å². The minimum Gasteiger partial charge on any atom is -0.447 e. The van der Waals surface area contributed by atoms with Crippen molar-refractivity contribution in [2.45, 2.75) is 25.8 Å². The zero-order chi connectivity index (χ0) is 8.97. The molecular formula is C9H15NO2. The van der Waals surface area contributed by atoms with Gasteiger partial charge in [-0.05, 0) is 6.42 Å². The lowest BCUT2D eigenvalue weighted by Crippen LogP contribution is -2.27. The molecular weight excluding hydrogens is 154 g/mol. The summed E-state index contributed by atoms with van der Waals surface area (Å²) in [5.74, 6) is 0. The van der Waals surface area contributed by atoms with Gasteiger partial charge in [-0.25, -0.2) is 4.79 Å². The summed E-state index contributed by atoms with van der Waals surface area (Å²) in [6.07, 6.45) is 6.12. The first-order chi connectivity index (χ1) is 5.75. The maximum absolute atomic E-state index is 10.9. The van der Waals surface area contributed by atoms with E-state index >= 15 is 0 Å². The monoisotopic (exact) mass is 169 g/mol. The first kappa shape index (κ1) is 9.10. The van der Waals surface area contributed by atoms with E-state index in [0.717, 1.165) is 12.8 Å². The average molecular weight is 169 g/mol. The number of ether oxygens (including phenoxy) is 1. The Morgan fingerprint density at radius 3 is 3.00 bits per heavy atom. The third-order valence-electron chi connectivity index (χ3n) is 1.98. The Morgan fingerprint density at radius 2 is 2.50 bits per heavy atom. The van der Waals surface area contributed by atoms with Gasteiger partial charge in [0.2, 0.25) is 0 Å². The number of nitrogens with zero attached hydrogens (tertiary/aromatic N) is 1. The molecule has 3 nitrogen and oxygen atoms in total. The highest BCUT2D eigenvalue weighted by atomic mass is 16.6. The van der Waals surface area contributed by atoms with Gasteiger partial charge in [-0.1, -0.05) is 25.5 Å². The molecule has 0 aliphatic carbocycles. The number of hydrogen-bond acceptors (Lipinski definition) is 2. The summed E-state index contributed by atoms with van der Waals surface area (Å²) in [5, 5.41) is 0. The number of carbonyl (C=O) groups is 1. The highest BCUT2D eigenvalue weighted by molar-refractivity contribution is 5.70. The van der Waals surface area contributed by atoms with Gasteiger partial charge >= 0.3 is 6.09 Å². The molecule has 68 valence electrons. The second-order valence-electron chi connectivity index (χ2n) is 2.97. The summed E-state index contributed by atoms with van der Waals surface area (Å²) in [7, 11) is 1.76. The summed E-state index contributed by atoms with van der Waals surface area (Å²) >= 11 is 0. The second kappa shape index (κ2) is 4.14. The third kappa shape index (κ3) is 2.00. The molecule has 3 heteroatoms. The topological polar surface area (TPSA) is 29.5 Å². The van der Waals surface area contributed by atoms with Crippen LogP contribution in [0.3, 0.4) is 0 Å². The molecule has 0 aromatic rings. The van der Waals surface area contributed by atoms with Crippen molar-refractivity contribution in [1.29, 1.82) is 0 Å². The van der Waals surface area contributed by atoms with Crippen LogP contribution in [0.1, 0.15) is 19.8 Å². The Balaban J connectivity index is 2.38. The van der Waals surface area contributed by atoms with E-state index in [2.05, 4.69) is 13.0 Å². The van der Waals surface area contributed by atoms with E-state index in [4.69, 9.17) is 4.74 Å². The number of allylic oxidation sites excluding steroid dienone is 1. The number of cyclic esters (lactones) is 1. The predicted octanol–water partition coefficient (Wildman–Crippen LogP) is 1.79. The van der Waals surface area contributed by atoms with Crippen LogP contribution < -0.4 is 0 Å². The van der Waals surface area contributed by atoms with Gasteiger partial charge in [-0.3, -0.25) is 0 Å². The molecule has 0 aromatic heterocycles. The number of likely N-dealkylation sites (N-methyl/N-ethyl adjacent to an activating group) is 1. The van der Waals surface area contributed by atoms with Crippen LogP contribution in [0.4, 0.5) is 4.79 Å². The van der Waals surface area contributed by atoms with Crippen LogP contribution >= 0.6 is 0 Å². The highest BCUT2D eigenvalue weighted by Gasteiger charge is 2.26. The number of amides is 1. The third-order valence-corrected chi connectivity index (χ3v) is 1.98. The van der Waals surface area contributed by atoms with E-state index in [0.29, 0.717) is 6.61 Å². The van der Waals surface area contributed by atoms with E-state index in [1.165, 1.54) is 0 Å². The van der Waals surface area contributed by atoms with Gasteiger partial charge < -0.3 is 9.64 Å². The van der Waals surface area contributed by atoms with Crippen LogP contribution in [0.25, 0.3) is 0 Å². The molecule has 1 amide bonds. The van der Waals surface area contributed by atoms with Crippen molar-refractivity contribution in [2.75, 3.05) is 13.7 Å². The van der Waals surface area contributed by atoms with Gasteiger partial charge in [0.05, 0.1) is 6.04 Å². The van der Waals surface area contributed by atoms with Gasteiger partial charge in [0, 0.05) is 7.05 Å². The summed E-state index contributed by atoms with van der Waals surface area (Å²) in [5.41, 5.74) is 0. The van der Waals surface area contributed by atoms with E-state index in [1.807, 2.05) is 6.08 Å². The number of rotatable bonds is 3. The highest BCUT2D eigenvalue weighted by Crippen LogP contribution is 2.10. The lowest BCUT2D eigenvalue weighted by atomic mass is 10.2. The smallest absolute Gasteiger partial charge is 0.410 e. The Kier molecular flexibility index (Phi) is 3.14. The lowest BCUT2D eigenvalue weighted by Gasteiger charge is -2.10. The second-order valence-corrected chi connectivity index (χ2v) is 2.97. The normalized spacial score (nSPS) is 23.7. The molecule has 1 atom stereocenters. The fraction of sp³-hybridized carbons (Fsp3) is 0.667. The molecule has 0 bridgehead atoms. The average Bonchev–Trinajstić information content (AvgIpc) is 2.36.